The van der Waals surface area contributed by atoms with Crippen LogP contribution in [0.2, 0.25) is 0 Å². The molecule has 1 saturated heterocycles. The highest BCUT2D eigenvalue weighted by Crippen LogP contribution is 2.48. The van der Waals surface area contributed by atoms with E-state index in [0.717, 1.165) is 11.8 Å². The van der Waals surface area contributed by atoms with Crippen molar-refractivity contribution in [2.75, 3.05) is 12.0 Å². The third-order valence-corrected chi connectivity index (χ3v) is 3.68. The van der Waals surface area contributed by atoms with E-state index in [4.69, 9.17) is 13.9 Å². The second kappa shape index (κ2) is 6.31. The number of amides is 2. The fourth-order valence-electron chi connectivity index (χ4n) is 2.52. The summed E-state index contributed by atoms with van der Waals surface area (Å²) in [5, 5.41) is 10.4. The molecule has 0 bridgehead atoms. The Bertz CT molecular complexity index is 835. The van der Waals surface area contributed by atoms with Gasteiger partial charge in [0.2, 0.25) is 23.3 Å². The van der Waals surface area contributed by atoms with Gasteiger partial charge in [-0.05, 0) is 24.3 Å². The molecule has 3 rings (SSSR count). The number of ether oxygens (including phenoxy) is 2. The first-order valence-electron chi connectivity index (χ1n) is 7.46. The van der Waals surface area contributed by atoms with Gasteiger partial charge < -0.3 is 19.0 Å². The molecule has 130 valence electrons. The van der Waals surface area contributed by atoms with E-state index in [9.17, 15) is 19.5 Å². The molecule has 0 aliphatic carbocycles. The molecule has 0 atom stereocenters. The van der Waals surface area contributed by atoms with Crippen LogP contribution in [0.3, 0.4) is 0 Å². The second-order valence-electron chi connectivity index (χ2n) is 5.36. The van der Waals surface area contributed by atoms with E-state index in [-0.39, 0.29) is 30.2 Å². The zero-order valence-electron chi connectivity index (χ0n) is 13.6. The van der Waals surface area contributed by atoms with Crippen LogP contribution in [0.25, 0.3) is 11.3 Å². The van der Waals surface area contributed by atoms with Crippen molar-refractivity contribution in [1.82, 2.24) is 0 Å². The molecule has 1 aliphatic rings. The van der Waals surface area contributed by atoms with Crippen LogP contribution in [-0.4, -0.2) is 30.0 Å². The molecule has 8 nitrogen and oxygen atoms in total. The van der Waals surface area contributed by atoms with Gasteiger partial charge in [-0.3, -0.25) is 14.4 Å². The molecule has 2 amide bonds. The number of aromatic hydroxyl groups is 1. The van der Waals surface area contributed by atoms with Gasteiger partial charge in [0.25, 0.3) is 5.88 Å². The zero-order valence-corrected chi connectivity index (χ0v) is 13.6. The van der Waals surface area contributed by atoms with Crippen molar-refractivity contribution in [3.05, 3.63) is 24.3 Å². The number of carbonyl (C=O) groups excluding carboxylic acids is 3. The number of rotatable bonds is 4. The topological polar surface area (TPSA) is 106 Å². The zero-order chi connectivity index (χ0) is 18.1. The lowest BCUT2D eigenvalue weighted by Gasteiger charge is -2.11. The quantitative estimate of drug-likeness (QED) is 0.669. The lowest BCUT2D eigenvalue weighted by molar-refractivity contribution is -0.132. The van der Waals surface area contributed by atoms with Gasteiger partial charge in [0.1, 0.15) is 5.75 Å². The van der Waals surface area contributed by atoms with Gasteiger partial charge >= 0.3 is 5.97 Å². The van der Waals surface area contributed by atoms with Gasteiger partial charge in [0.15, 0.2) is 5.76 Å². The standard InChI is InChI=1S/C17H15NO7/c1-9(19)24-16-14(22)15(10-3-5-11(23-2)6-4-10)25-17(16)18-12(20)7-8-13(18)21/h3-6,22H,7-8H2,1-2H3. The maximum absolute atomic E-state index is 12.0. The fourth-order valence-corrected chi connectivity index (χ4v) is 2.52. The van der Waals surface area contributed by atoms with Crippen molar-refractivity contribution in [1.29, 1.82) is 0 Å². The molecule has 1 fully saturated rings. The third kappa shape index (κ3) is 2.93. The van der Waals surface area contributed by atoms with Crippen LogP contribution in [-0.2, 0) is 14.4 Å². The Morgan fingerprint density at radius 2 is 1.76 bits per heavy atom. The molecule has 0 radical (unpaired) electrons. The average molecular weight is 345 g/mol. The SMILES string of the molecule is COc1ccc(-c2oc(N3C(=O)CCC3=O)c(OC(C)=O)c2O)cc1. The Kier molecular flexibility index (Phi) is 4.18. The maximum atomic E-state index is 12.0. The second-order valence-corrected chi connectivity index (χ2v) is 5.36. The van der Waals surface area contributed by atoms with Gasteiger partial charge in [-0.25, -0.2) is 4.90 Å². The molecule has 0 spiro atoms. The molecule has 8 heteroatoms. The lowest BCUT2D eigenvalue weighted by atomic mass is 10.1. The van der Waals surface area contributed by atoms with E-state index in [2.05, 4.69) is 0 Å². The molecule has 0 unspecified atom stereocenters. The fraction of sp³-hybridized carbons (Fsp3) is 0.235. The molecule has 1 aromatic heterocycles. The molecule has 1 N–H and O–H groups in total. The van der Waals surface area contributed by atoms with Crippen molar-refractivity contribution in [3.63, 3.8) is 0 Å². The molecule has 1 aromatic carbocycles. The van der Waals surface area contributed by atoms with Crippen LogP contribution < -0.4 is 14.4 Å². The van der Waals surface area contributed by atoms with Crippen LogP contribution in [0.1, 0.15) is 19.8 Å². The molecular weight excluding hydrogens is 330 g/mol. The number of furan rings is 1. The van der Waals surface area contributed by atoms with Crippen molar-refractivity contribution < 1.29 is 33.4 Å². The first-order chi connectivity index (χ1) is 11.9. The monoisotopic (exact) mass is 345 g/mol. The molecular formula is C17H15NO7. The van der Waals surface area contributed by atoms with Crippen molar-refractivity contribution in [3.8, 4) is 28.6 Å². The maximum Gasteiger partial charge on any atom is 0.308 e. The number of hydrogen-bond acceptors (Lipinski definition) is 7. The Morgan fingerprint density at radius 3 is 2.28 bits per heavy atom. The Balaban J connectivity index is 2.12. The summed E-state index contributed by atoms with van der Waals surface area (Å²) in [5.41, 5.74) is 0.456. The van der Waals surface area contributed by atoms with Crippen LogP contribution >= 0.6 is 0 Å². The van der Waals surface area contributed by atoms with E-state index < -0.39 is 23.5 Å². The smallest absolute Gasteiger partial charge is 0.308 e. The average Bonchev–Trinajstić information content (AvgIpc) is 3.07. The highest BCUT2D eigenvalue weighted by molar-refractivity contribution is 6.20. The van der Waals surface area contributed by atoms with E-state index in [1.54, 1.807) is 24.3 Å². The van der Waals surface area contributed by atoms with Crippen molar-refractivity contribution >= 4 is 23.7 Å². The van der Waals surface area contributed by atoms with Crippen LogP contribution in [0.15, 0.2) is 28.7 Å². The minimum Gasteiger partial charge on any atom is -0.502 e. The largest absolute Gasteiger partial charge is 0.502 e. The summed E-state index contributed by atoms with van der Waals surface area (Å²) < 4.78 is 15.6. The number of nitrogens with zero attached hydrogens (tertiary/aromatic N) is 1. The predicted octanol–water partition coefficient (Wildman–Crippen LogP) is 2.24. The number of hydrogen-bond donors (Lipinski definition) is 1. The summed E-state index contributed by atoms with van der Waals surface area (Å²) in [4.78, 5) is 36.1. The van der Waals surface area contributed by atoms with E-state index in [0.29, 0.717) is 11.3 Å². The summed E-state index contributed by atoms with van der Waals surface area (Å²) in [7, 11) is 1.51. The van der Waals surface area contributed by atoms with Gasteiger partial charge in [0, 0.05) is 25.3 Å². The highest BCUT2D eigenvalue weighted by atomic mass is 16.6. The molecule has 0 saturated carbocycles. The van der Waals surface area contributed by atoms with Crippen molar-refractivity contribution in [2.45, 2.75) is 19.8 Å². The van der Waals surface area contributed by atoms with E-state index >= 15 is 0 Å². The number of anilines is 1. The first-order valence-corrected chi connectivity index (χ1v) is 7.46. The van der Waals surface area contributed by atoms with Crippen LogP contribution in [0, 0.1) is 0 Å². The van der Waals surface area contributed by atoms with Gasteiger partial charge in [-0.1, -0.05) is 0 Å². The number of esters is 1. The number of imide groups is 1. The Morgan fingerprint density at radius 1 is 1.16 bits per heavy atom. The Labute approximate surface area is 142 Å². The summed E-state index contributed by atoms with van der Waals surface area (Å²) in [6.45, 7) is 1.14. The van der Waals surface area contributed by atoms with Crippen molar-refractivity contribution in [2.24, 2.45) is 0 Å². The summed E-state index contributed by atoms with van der Waals surface area (Å²) in [5.74, 6) is -2.27. The van der Waals surface area contributed by atoms with Crippen LogP contribution in [0.5, 0.6) is 17.2 Å². The minimum absolute atomic E-state index is 0.0255. The number of methoxy groups -OCH3 is 1. The highest BCUT2D eigenvalue weighted by Gasteiger charge is 2.38. The number of benzene rings is 1. The third-order valence-electron chi connectivity index (χ3n) is 3.68. The van der Waals surface area contributed by atoms with E-state index in [1.165, 1.54) is 7.11 Å². The van der Waals surface area contributed by atoms with Gasteiger partial charge in [-0.15, -0.1) is 0 Å². The first kappa shape index (κ1) is 16.6. The predicted molar refractivity (Wildman–Crippen MR) is 85.4 cm³/mol. The minimum atomic E-state index is -0.724. The van der Waals surface area contributed by atoms with Gasteiger partial charge in [-0.2, -0.15) is 0 Å². The Hall–Kier alpha value is -3.29. The summed E-state index contributed by atoms with van der Waals surface area (Å²) in [6, 6.07) is 6.53. The normalized spacial score (nSPS) is 14.1. The number of carbonyl (C=O) groups is 3. The molecule has 25 heavy (non-hydrogen) atoms. The molecule has 2 aromatic rings. The molecule has 1 aliphatic heterocycles. The lowest BCUT2D eigenvalue weighted by Crippen LogP contribution is -2.28. The van der Waals surface area contributed by atoms with E-state index in [1.807, 2.05) is 0 Å². The van der Waals surface area contributed by atoms with Gasteiger partial charge in [0.05, 0.1) is 7.11 Å². The van der Waals surface area contributed by atoms with Crippen LogP contribution in [0.4, 0.5) is 5.88 Å². The summed E-state index contributed by atoms with van der Waals surface area (Å²) >= 11 is 0. The summed E-state index contributed by atoms with van der Waals surface area (Å²) in [6.07, 6.45) is 0.0509. The molecule has 2 heterocycles.